The number of aliphatic imine (C=N–C) groups is 2. The Hall–Kier alpha value is -4.96. The first-order chi connectivity index (χ1) is 18.3. The molecule has 0 radical (unpaired) electrons. The standard InChI is InChI=1S/C33H23N3O/c1-4-12-22(13-5-1)25-20-21-27(29-26-18-10-11-19-28(26)37-30(25)29)33-35-31(23-14-6-2-7-15-23)34-32(36-33)24-16-8-3-9-17-24/h1-21,31H,(H,34,35,36). The monoisotopic (exact) mass is 477 g/mol. The second-order valence-electron chi connectivity index (χ2n) is 9.07. The summed E-state index contributed by atoms with van der Waals surface area (Å²) in [5, 5.41) is 5.62. The Morgan fingerprint density at radius 3 is 1.97 bits per heavy atom. The van der Waals surface area contributed by atoms with E-state index < -0.39 is 0 Å². The highest BCUT2D eigenvalue weighted by atomic mass is 16.3. The van der Waals surface area contributed by atoms with E-state index in [4.69, 9.17) is 14.4 Å². The van der Waals surface area contributed by atoms with Crippen LogP contribution in [-0.2, 0) is 0 Å². The zero-order valence-electron chi connectivity index (χ0n) is 20.0. The number of nitrogens with one attached hydrogen (secondary N) is 1. The Morgan fingerprint density at radius 2 is 1.22 bits per heavy atom. The highest BCUT2D eigenvalue weighted by Crippen LogP contribution is 2.39. The highest BCUT2D eigenvalue weighted by molar-refractivity contribution is 6.23. The quantitative estimate of drug-likeness (QED) is 0.282. The van der Waals surface area contributed by atoms with Crippen LogP contribution in [0.1, 0.15) is 22.9 Å². The molecule has 0 saturated heterocycles. The molecule has 2 heterocycles. The minimum atomic E-state index is -0.258. The van der Waals surface area contributed by atoms with Crippen molar-refractivity contribution < 1.29 is 4.42 Å². The van der Waals surface area contributed by atoms with Crippen molar-refractivity contribution in [1.29, 1.82) is 0 Å². The van der Waals surface area contributed by atoms with Crippen LogP contribution in [0, 0.1) is 0 Å². The van der Waals surface area contributed by atoms with Crippen LogP contribution in [0.15, 0.2) is 142 Å². The van der Waals surface area contributed by atoms with Crippen LogP contribution < -0.4 is 5.32 Å². The third kappa shape index (κ3) is 3.80. The Balaban J connectivity index is 1.49. The number of para-hydroxylation sites is 1. The summed E-state index contributed by atoms with van der Waals surface area (Å²) in [7, 11) is 0. The third-order valence-electron chi connectivity index (χ3n) is 6.76. The van der Waals surface area contributed by atoms with Crippen LogP contribution in [0.2, 0.25) is 0 Å². The van der Waals surface area contributed by atoms with Gasteiger partial charge in [0, 0.05) is 27.5 Å². The maximum absolute atomic E-state index is 6.47. The van der Waals surface area contributed by atoms with Crippen LogP contribution in [-0.4, -0.2) is 11.7 Å². The Kier molecular flexibility index (Phi) is 5.14. The van der Waals surface area contributed by atoms with E-state index in [9.17, 15) is 0 Å². The van der Waals surface area contributed by atoms with Crippen LogP contribution in [0.3, 0.4) is 0 Å². The smallest absolute Gasteiger partial charge is 0.160 e. The fraction of sp³-hybridized carbons (Fsp3) is 0.0303. The second-order valence-corrected chi connectivity index (χ2v) is 9.07. The van der Waals surface area contributed by atoms with Crippen LogP contribution >= 0.6 is 0 Å². The maximum Gasteiger partial charge on any atom is 0.160 e. The van der Waals surface area contributed by atoms with E-state index in [-0.39, 0.29) is 6.17 Å². The molecule has 0 aliphatic carbocycles. The Morgan fingerprint density at radius 1 is 0.595 bits per heavy atom. The van der Waals surface area contributed by atoms with Crippen LogP contribution in [0.25, 0.3) is 33.1 Å². The van der Waals surface area contributed by atoms with Crippen molar-refractivity contribution in [1.82, 2.24) is 5.32 Å². The molecule has 4 nitrogen and oxygen atoms in total. The van der Waals surface area contributed by atoms with Gasteiger partial charge < -0.3 is 9.73 Å². The van der Waals surface area contributed by atoms with Gasteiger partial charge in [-0.05, 0) is 29.3 Å². The molecule has 7 rings (SSSR count). The van der Waals surface area contributed by atoms with Crippen molar-refractivity contribution in [3.63, 3.8) is 0 Å². The van der Waals surface area contributed by atoms with Gasteiger partial charge in [-0.2, -0.15) is 0 Å². The first-order valence-electron chi connectivity index (χ1n) is 12.4. The van der Waals surface area contributed by atoms with Crippen LogP contribution in [0.4, 0.5) is 0 Å². The van der Waals surface area contributed by atoms with Crippen molar-refractivity contribution >= 4 is 33.6 Å². The summed E-state index contributed by atoms with van der Waals surface area (Å²) in [5.74, 6) is 1.48. The zero-order valence-corrected chi connectivity index (χ0v) is 20.0. The van der Waals surface area contributed by atoms with Crippen molar-refractivity contribution in [2.75, 3.05) is 0 Å². The van der Waals surface area contributed by atoms with Crippen molar-refractivity contribution in [3.05, 3.63) is 144 Å². The van der Waals surface area contributed by atoms with Gasteiger partial charge in [0.1, 0.15) is 23.2 Å². The van der Waals surface area contributed by atoms with Gasteiger partial charge in [-0.15, -0.1) is 0 Å². The molecule has 0 bridgehead atoms. The first kappa shape index (κ1) is 21.3. The predicted octanol–water partition coefficient (Wildman–Crippen LogP) is 7.75. The second kappa shape index (κ2) is 8.92. The largest absolute Gasteiger partial charge is 0.455 e. The van der Waals surface area contributed by atoms with E-state index >= 15 is 0 Å². The fourth-order valence-electron chi connectivity index (χ4n) is 4.98. The number of amidine groups is 2. The Labute approximate surface area is 214 Å². The molecule has 4 heteroatoms. The van der Waals surface area contributed by atoms with Gasteiger partial charge >= 0.3 is 0 Å². The van der Waals surface area contributed by atoms with Gasteiger partial charge in [0.05, 0.1) is 0 Å². The molecule has 6 aromatic rings. The average molecular weight is 478 g/mol. The van der Waals surface area contributed by atoms with Gasteiger partial charge in [0.2, 0.25) is 0 Å². The fourth-order valence-corrected chi connectivity index (χ4v) is 4.98. The van der Waals surface area contributed by atoms with E-state index in [0.717, 1.165) is 55.6 Å². The molecule has 1 aliphatic heterocycles. The predicted molar refractivity (Wildman–Crippen MR) is 151 cm³/mol. The van der Waals surface area contributed by atoms with Crippen molar-refractivity contribution in [2.24, 2.45) is 9.98 Å². The van der Waals surface area contributed by atoms with Crippen LogP contribution in [0.5, 0.6) is 0 Å². The first-order valence-corrected chi connectivity index (χ1v) is 12.4. The molecule has 1 aromatic heterocycles. The molecule has 0 fully saturated rings. The Bertz CT molecular complexity index is 1790. The lowest BCUT2D eigenvalue weighted by Gasteiger charge is -2.24. The molecule has 1 atom stereocenters. The maximum atomic E-state index is 6.47. The summed E-state index contributed by atoms with van der Waals surface area (Å²) >= 11 is 0. The number of hydrogen-bond acceptors (Lipinski definition) is 4. The normalized spacial score (nSPS) is 15.3. The lowest BCUT2D eigenvalue weighted by molar-refractivity contribution is 0.669. The molecule has 0 amide bonds. The van der Waals surface area contributed by atoms with E-state index in [2.05, 4.69) is 72.0 Å². The van der Waals surface area contributed by atoms with E-state index in [0.29, 0.717) is 5.84 Å². The van der Waals surface area contributed by atoms with Gasteiger partial charge in [0.15, 0.2) is 5.84 Å². The summed E-state index contributed by atoms with van der Waals surface area (Å²) in [5.41, 5.74) is 6.92. The van der Waals surface area contributed by atoms with E-state index in [1.807, 2.05) is 60.7 Å². The highest BCUT2D eigenvalue weighted by Gasteiger charge is 2.24. The zero-order chi connectivity index (χ0) is 24.6. The molecule has 1 aliphatic rings. The van der Waals surface area contributed by atoms with Gasteiger partial charge in [0.25, 0.3) is 0 Å². The van der Waals surface area contributed by atoms with E-state index in [1.165, 1.54) is 0 Å². The summed E-state index contributed by atoms with van der Waals surface area (Å²) in [6.45, 7) is 0. The van der Waals surface area contributed by atoms with Gasteiger partial charge in [-0.3, -0.25) is 0 Å². The minimum Gasteiger partial charge on any atom is -0.455 e. The molecule has 1 unspecified atom stereocenters. The van der Waals surface area contributed by atoms with Crippen molar-refractivity contribution in [3.8, 4) is 11.1 Å². The van der Waals surface area contributed by atoms with Gasteiger partial charge in [-0.25, -0.2) is 9.98 Å². The average Bonchev–Trinajstić information content (AvgIpc) is 3.38. The minimum absolute atomic E-state index is 0.258. The van der Waals surface area contributed by atoms with Gasteiger partial charge in [-0.1, -0.05) is 109 Å². The summed E-state index contributed by atoms with van der Waals surface area (Å²) in [4.78, 5) is 10.2. The summed E-state index contributed by atoms with van der Waals surface area (Å²) in [6, 6.07) is 43.3. The molecule has 0 saturated carbocycles. The number of nitrogens with zero attached hydrogens (tertiary/aromatic N) is 2. The SMILES string of the molecule is c1ccc(C2=NC(c3ccc(-c4ccccc4)c4oc5ccccc5c34)=NC(c3ccccc3)N2)cc1. The molecule has 1 N–H and O–H groups in total. The number of fused-ring (bicyclic) bond motifs is 3. The summed E-state index contributed by atoms with van der Waals surface area (Å²) < 4.78 is 6.47. The number of furan rings is 1. The number of rotatable bonds is 4. The molecular weight excluding hydrogens is 454 g/mol. The number of hydrogen-bond donors (Lipinski definition) is 1. The number of benzene rings is 5. The molecular formula is C33H23N3O. The molecule has 0 spiro atoms. The lowest BCUT2D eigenvalue weighted by atomic mass is 9.97. The lowest BCUT2D eigenvalue weighted by Crippen LogP contribution is -2.33. The molecule has 5 aromatic carbocycles. The van der Waals surface area contributed by atoms with Crippen molar-refractivity contribution in [2.45, 2.75) is 6.17 Å². The summed E-state index contributed by atoms with van der Waals surface area (Å²) in [6.07, 6.45) is -0.258. The molecule has 37 heavy (non-hydrogen) atoms. The topological polar surface area (TPSA) is 49.9 Å². The molecule has 176 valence electrons. The van der Waals surface area contributed by atoms with E-state index in [1.54, 1.807) is 0 Å². The third-order valence-corrected chi connectivity index (χ3v) is 6.76.